The number of rotatable bonds is 4. The number of hydrogen-bond donors (Lipinski definition) is 2. The van der Waals surface area contributed by atoms with Crippen LogP contribution in [0.3, 0.4) is 0 Å². The molecule has 3 aromatic rings. The first-order valence-corrected chi connectivity index (χ1v) is 7.98. The number of thiazole rings is 1. The minimum Gasteiger partial charge on any atom is -0.338 e. The quantitative estimate of drug-likeness (QED) is 0.766. The Morgan fingerprint density at radius 3 is 2.82 bits per heavy atom. The molecule has 112 valence electrons. The summed E-state index contributed by atoms with van der Waals surface area (Å²) in [5.74, 6) is 0. The van der Waals surface area contributed by atoms with Crippen LogP contribution in [-0.4, -0.2) is 17.6 Å². The van der Waals surface area contributed by atoms with Gasteiger partial charge in [-0.05, 0) is 37.1 Å². The Labute approximate surface area is 133 Å². The van der Waals surface area contributed by atoms with Crippen LogP contribution in [-0.2, 0) is 6.42 Å². The van der Waals surface area contributed by atoms with E-state index >= 15 is 0 Å². The fourth-order valence-electron chi connectivity index (χ4n) is 2.26. The van der Waals surface area contributed by atoms with Crippen LogP contribution < -0.4 is 10.6 Å². The van der Waals surface area contributed by atoms with Crippen LogP contribution in [0.1, 0.15) is 10.6 Å². The van der Waals surface area contributed by atoms with Crippen molar-refractivity contribution in [2.24, 2.45) is 0 Å². The van der Waals surface area contributed by atoms with Gasteiger partial charge in [0.15, 0.2) is 0 Å². The molecule has 1 heterocycles. The van der Waals surface area contributed by atoms with Crippen molar-refractivity contribution in [2.75, 3.05) is 11.9 Å². The second-order valence-electron chi connectivity index (χ2n) is 5.03. The lowest BCUT2D eigenvalue weighted by Gasteiger charge is -2.07. The molecule has 0 bridgehead atoms. The summed E-state index contributed by atoms with van der Waals surface area (Å²) in [5.41, 5.74) is 2.97. The van der Waals surface area contributed by atoms with Crippen LogP contribution in [0.15, 0.2) is 48.5 Å². The van der Waals surface area contributed by atoms with Crippen molar-refractivity contribution in [2.45, 2.75) is 13.3 Å². The van der Waals surface area contributed by atoms with E-state index in [1.807, 2.05) is 43.3 Å². The third-order valence-electron chi connectivity index (χ3n) is 3.30. The van der Waals surface area contributed by atoms with Crippen molar-refractivity contribution in [3.63, 3.8) is 0 Å². The van der Waals surface area contributed by atoms with E-state index in [2.05, 4.69) is 27.8 Å². The van der Waals surface area contributed by atoms with Crippen LogP contribution in [0.2, 0.25) is 0 Å². The first-order chi connectivity index (χ1) is 10.7. The van der Waals surface area contributed by atoms with E-state index in [0.717, 1.165) is 27.3 Å². The SMILES string of the molecule is Cc1nc2ccc(NC(=O)NCCc3ccccc3)cc2s1. The average Bonchev–Trinajstić information content (AvgIpc) is 2.87. The molecule has 5 heteroatoms. The summed E-state index contributed by atoms with van der Waals surface area (Å²) in [4.78, 5) is 16.3. The lowest BCUT2D eigenvalue weighted by atomic mass is 10.1. The molecule has 0 atom stereocenters. The molecule has 0 unspecified atom stereocenters. The molecule has 2 N–H and O–H groups in total. The highest BCUT2D eigenvalue weighted by Crippen LogP contribution is 2.24. The average molecular weight is 311 g/mol. The smallest absolute Gasteiger partial charge is 0.319 e. The molecule has 2 aromatic carbocycles. The van der Waals surface area contributed by atoms with Crippen molar-refractivity contribution in [1.82, 2.24) is 10.3 Å². The molecular weight excluding hydrogens is 294 g/mol. The van der Waals surface area contributed by atoms with E-state index in [1.54, 1.807) is 11.3 Å². The molecule has 0 spiro atoms. The zero-order chi connectivity index (χ0) is 15.4. The van der Waals surface area contributed by atoms with Crippen LogP contribution in [0, 0.1) is 6.92 Å². The predicted molar refractivity (Wildman–Crippen MR) is 91.5 cm³/mol. The lowest BCUT2D eigenvalue weighted by Crippen LogP contribution is -2.30. The first-order valence-electron chi connectivity index (χ1n) is 7.17. The van der Waals surface area contributed by atoms with Crippen molar-refractivity contribution < 1.29 is 4.79 Å². The Morgan fingerprint density at radius 2 is 2.00 bits per heavy atom. The molecular formula is C17H17N3OS. The highest BCUT2D eigenvalue weighted by atomic mass is 32.1. The number of hydrogen-bond acceptors (Lipinski definition) is 3. The molecule has 0 aliphatic heterocycles. The van der Waals surface area contributed by atoms with E-state index in [1.165, 1.54) is 5.56 Å². The Balaban J connectivity index is 1.54. The third-order valence-corrected chi connectivity index (χ3v) is 4.23. The van der Waals surface area contributed by atoms with Crippen LogP contribution in [0.25, 0.3) is 10.2 Å². The molecule has 0 aliphatic carbocycles. The molecule has 3 rings (SSSR count). The summed E-state index contributed by atoms with van der Waals surface area (Å²) in [6.45, 7) is 2.59. The van der Waals surface area contributed by atoms with Crippen molar-refractivity contribution in [1.29, 1.82) is 0 Å². The zero-order valence-corrected chi connectivity index (χ0v) is 13.1. The Kier molecular flexibility index (Phi) is 4.34. The number of aromatic nitrogens is 1. The van der Waals surface area contributed by atoms with E-state index in [-0.39, 0.29) is 6.03 Å². The van der Waals surface area contributed by atoms with Gasteiger partial charge in [-0.1, -0.05) is 30.3 Å². The molecule has 1 aromatic heterocycles. The number of aryl methyl sites for hydroxylation is 1. The number of amides is 2. The summed E-state index contributed by atoms with van der Waals surface area (Å²) in [6, 6.07) is 15.7. The summed E-state index contributed by atoms with van der Waals surface area (Å²) in [6.07, 6.45) is 0.821. The minimum absolute atomic E-state index is 0.184. The number of carbonyl (C=O) groups is 1. The Bertz CT molecular complexity index is 783. The number of nitrogens with zero attached hydrogens (tertiary/aromatic N) is 1. The molecule has 0 aliphatic rings. The number of carbonyl (C=O) groups excluding carboxylic acids is 1. The van der Waals surface area contributed by atoms with E-state index in [0.29, 0.717) is 6.54 Å². The van der Waals surface area contributed by atoms with Gasteiger partial charge in [0, 0.05) is 12.2 Å². The monoisotopic (exact) mass is 311 g/mol. The van der Waals surface area contributed by atoms with Crippen LogP contribution in [0.4, 0.5) is 10.5 Å². The highest BCUT2D eigenvalue weighted by Gasteiger charge is 2.05. The minimum atomic E-state index is -0.184. The number of fused-ring (bicyclic) bond motifs is 1. The van der Waals surface area contributed by atoms with Crippen LogP contribution in [0.5, 0.6) is 0 Å². The zero-order valence-electron chi connectivity index (χ0n) is 12.3. The second-order valence-corrected chi connectivity index (χ2v) is 6.27. The van der Waals surface area contributed by atoms with E-state index < -0.39 is 0 Å². The molecule has 0 saturated carbocycles. The highest BCUT2D eigenvalue weighted by molar-refractivity contribution is 7.18. The van der Waals surface area contributed by atoms with Gasteiger partial charge in [0.25, 0.3) is 0 Å². The standard InChI is InChI=1S/C17H17N3OS/c1-12-19-15-8-7-14(11-16(15)22-12)20-17(21)18-10-9-13-5-3-2-4-6-13/h2-8,11H,9-10H2,1H3,(H2,18,20,21). The molecule has 0 saturated heterocycles. The van der Waals surface area contributed by atoms with Gasteiger partial charge in [0.2, 0.25) is 0 Å². The predicted octanol–water partition coefficient (Wildman–Crippen LogP) is 3.97. The molecule has 0 fully saturated rings. The van der Waals surface area contributed by atoms with Crippen molar-refractivity contribution in [3.05, 3.63) is 59.1 Å². The summed E-state index contributed by atoms with van der Waals surface area (Å²) in [5, 5.41) is 6.76. The normalized spacial score (nSPS) is 10.6. The van der Waals surface area contributed by atoms with Gasteiger partial charge in [-0.15, -0.1) is 11.3 Å². The van der Waals surface area contributed by atoms with Crippen molar-refractivity contribution >= 4 is 33.3 Å². The maximum atomic E-state index is 11.9. The number of benzene rings is 2. The van der Waals surface area contributed by atoms with Gasteiger partial charge in [-0.2, -0.15) is 0 Å². The fourth-order valence-corrected chi connectivity index (χ4v) is 3.12. The second kappa shape index (κ2) is 6.58. The molecule has 4 nitrogen and oxygen atoms in total. The number of nitrogens with one attached hydrogen (secondary N) is 2. The van der Waals surface area contributed by atoms with Crippen LogP contribution >= 0.6 is 11.3 Å². The van der Waals surface area contributed by atoms with Gasteiger partial charge in [-0.25, -0.2) is 9.78 Å². The molecule has 0 radical (unpaired) electrons. The van der Waals surface area contributed by atoms with Gasteiger partial charge in [0.05, 0.1) is 15.2 Å². The number of urea groups is 1. The maximum Gasteiger partial charge on any atom is 0.319 e. The summed E-state index contributed by atoms with van der Waals surface area (Å²) < 4.78 is 1.08. The Hall–Kier alpha value is -2.40. The van der Waals surface area contributed by atoms with E-state index in [4.69, 9.17) is 0 Å². The van der Waals surface area contributed by atoms with Gasteiger partial charge in [-0.3, -0.25) is 0 Å². The number of anilines is 1. The third kappa shape index (κ3) is 3.62. The Morgan fingerprint density at radius 1 is 1.18 bits per heavy atom. The van der Waals surface area contributed by atoms with Gasteiger partial charge in [0.1, 0.15) is 0 Å². The molecule has 22 heavy (non-hydrogen) atoms. The van der Waals surface area contributed by atoms with Gasteiger partial charge >= 0.3 is 6.03 Å². The van der Waals surface area contributed by atoms with Crippen molar-refractivity contribution in [3.8, 4) is 0 Å². The lowest BCUT2D eigenvalue weighted by molar-refractivity contribution is 0.252. The summed E-state index contributed by atoms with van der Waals surface area (Å²) in [7, 11) is 0. The topological polar surface area (TPSA) is 54.0 Å². The van der Waals surface area contributed by atoms with Gasteiger partial charge < -0.3 is 10.6 Å². The first kappa shape index (κ1) is 14.5. The van der Waals surface area contributed by atoms with E-state index in [9.17, 15) is 4.79 Å². The maximum absolute atomic E-state index is 11.9. The summed E-state index contributed by atoms with van der Waals surface area (Å²) >= 11 is 1.63. The molecule has 2 amide bonds. The fraction of sp³-hybridized carbons (Fsp3) is 0.176. The largest absolute Gasteiger partial charge is 0.338 e.